The number of pyridine rings is 1. The van der Waals surface area contributed by atoms with Gasteiger partial charge in [-0.15, -0.1) is 11.3 Å². The Bertz CT molecular complexity index is 1560. The van der Waals surface area contributed by atoms with E-state index in [-0.39, 0.29) is 11.0 Å². The van der Waals surface area contributed by atoms with Gasteiger partial charge in [0, 0.05) is 10.4 Å². The number of aromatic nitrogens is 3. The fourth-order valence-electron chi connectivity index (χ4n) is 3.59. The fourth-order valence-corrected chi connectivity index (χ4v) is 4.58. The number of nitrogen functional groups attached to an aromatic ring is 1. The van der Waals surface area contributed by atoms with E-state index in [1.165, 1.54) is 15.9 Å². The van der Waals surface area contributed by atoms with Crippen molar-refractivity contribution in [1.82, 2.24) is 9.61 Å². The van der Waals surface area contributed by atoms with Crippen LogP contribution in [0.2, 0.25) is 0 Å². The SMILES string of the molecule is Cc1c(C#N)c(=O)n2nc(C(C)(C)C)[nH+]c2c1=Cc1sc(N)c(C#N)c1-c1ccccc1. The molecule has 3 N–H and O–H groups in total. The molecule has 0 fully saturated rings. The number of nitriles is 2. The van der Waals surface area contributed by atoms with Crippen molar-refractivity contribution in [2.75, 3.05) is 5.73 Å². The molecule has 0 aliphatic carbocycles. The summed E-state index contributed by atoms with van der Waals surface area (Å²) in [5, 5.41) is 24.9. The standard InChI is InChI=1S/C24H20N6OS/c1-13-15(21-28-23(24(2,3)4)29-30(21)22(31)16(13)11-25)10-18-19(14-8-6-5-7-9-14)17(12-26)20(27)32-18/h5-10H,27H2,1-4H3/p+1. The van der Waals surface area contributed by atoms with E-state index < -0.39 is 5.56 Å². The van der Waals surface area contributed by atoms with Crippen molar-refractivity contribution in [1.29, 1.82) is 10.5 Å². The Kier molecular flexibility index (Phi) is 5.04. The Hall–Kier alpha value is -4.01. The minimum atomic E-state index is -0.462. The number of anilines is 1. The predicted octanol–water partition coefficient (Wildman–Crippen LogP) is 2.72. The smallest absolute Gasteiger partial charge is 0.361 e. The number of fused-ring (bicyclic) bond motifs is 1. The molecular formula is C24H21N6OS+. The van der Waals surface area contributed by atoms with Crippen molar-refractivity contribution in [3.8, 4) is 23.3 Å². The molecule has 4 rings (SSSR count). The minimum absolute atomic E-state index is 0.0343. The molecular weight excluding hydrogens is 420 g/mol. The van der Waals surface area contributed by atoms with E-state index >= 15 is 0 Å². The maximum absolute atomic E-state index is 12.9. The molecule has 0 unspecified atom stereocenters. The number of benzene rings is 1. The minimum Gasteiger partial charge on any atom is -0.389 e. The van der Waals surface area contributed by atoms with Gasteiger partial charge in [-0.3, -0.25) is 0 Å². The molecule has 0 radical (unpaired) electrons. The van der Waals surface area contributed by atoms with Crippen LogP contribution >= 0.6 is 11.3 Å². The molecule has 3 heterocycles. The van der Waals surface area contributed by atoms with Gasteiger partial charge in [0.25, 0.3) is 11.5 Å². The second kappa shape index (κ2) is 7.60. The van der Waals surface area contributed by atoms with Crippen LogP contribution in [0.5, 0.6) is 0 Å². The largest absolute Gasteiger partial charge is 0.389 e. The molecule has 0 atom stereocenters. The fraction of sp³-hybridized carbons (Fsp3) is 0.208. The average Bonchev–Trinajstić information content (AvgIpc) is 3.33. The lowest BCUT2D eigenvalue weighted by Crippen LogP contribution is -2.30. The normalized spacial score (nSPS) is 12.1. The van der Waals surface area contributed by atoms with Crippen LogP contribution in [0.3, 0.4) is 0 Å². The summed E-state index contributed by atoms with van der Waals surface area (Å²) in [6.07, 6.45) is 1.87. The van der Waals surface area contributed by atoms with Crippen LogP contribution in [-0.4, -0.2) is 9.61 Å². The second-order valence-corrected chi connectivity index (χ2v) is 9.60. The molecule has 158 valence electrons. The van der Waals surface area contributed by atoms with E-state index in [4.69, 9.17) is 5.73 Å². The number of nitrogens with zero attached hydrogens (tertiary/aromatic N) is 4. The first-order chi connectivity index (χ1) is 15.2. The van der Waals surface area contributed by atoms with Crippen LogP contribution < -0.4 is 21.5 Å². The van der Waals surface area contributed by atoms with E-state index in [0.717, 1.165) is 16.0 Å². The maximum atomic E-state index is 12.9. The van der Waals surface area contributed by atoms with Crippen molar-refractivity contribution < 1.29 is 4.98 Å². The molecule has 1 aromatic carbocycles. The molecule has 0 bridgehead atoms. The molecule has 7 nitrogen and oxygen atoms in total. The summed E-state index contributed by atoms with van der Waals surface area (Å²) < 4.78 is 1.25. The van der Waals surface area contributed by atoms with E-state index in [9.17, 15) is 15.3 Å². The third-order valence-corrected chi connectivity index (χ3v) is 6.29. The molecule has 32 heavy (non-hydrogen) atoms. The van der Waals surface area contributed by atoms with E-state index in [2.05, 4.69) is 16.2 Å². The Labute approximate surface area is 188 Å². The van der Waals surface area contributed by atoms with Crippen LogP contribution in [0, 0.1) is 29.6 Å². The topological polar surface area (TPSA) is 122 Å². The average molecular weight is 442 g/mol. The second-order valence-electron chi connectivity index (χ2n) is 8.52. The molecule has 0 amide bonds. The number of hydrogen-bond acceptors (Lipinski definition) is 6. The van der Waals surface area contributed by atoms with Gasteiger partial charge in [-0.1, -0.05) is 30.3 Å². The lowest BCUT2D eigenvalue weighted by atomic mass is 9.96. The number of rotatable bonds is 2. The number of nitrogens with two attached hydrogens (primary N) is 1. The highest BCUT2D eigenvalue weighted by molar-refractivity contribution is 7.17. The molecule has 0 saturated carbocycles. The summed E-state index contributed by atoms with van der Waals surface area (Å²) in [6, 6.07) is 13.8. The Morgan fingerprint density at radius 3 is 2.41 bits per heavy atom. The highest BCUT2D eigenvalue weighted by Gasteiger charge is 2.29. The van der Waals surface area contributed by atoms with Crippen LogP contribution in [0.1, 0.15) is 48.2 Å². The molecule has 0 aliphatic heterocycles. The number of H-pyrrole nitrogens is 1. The lowest BCUT2D eigenvalue weighted by molar-refractivity contribution is -0.367. The van der Waals surface area contributed by atoms with Gasteiger partial charge in [-0.2, -0.15) is 10.5 Å². The summed E-state index contributed by atoms with van der Waals surface area (Å²) in [4.78, 5) is 16.9. The quantitative estimate of drug-likeness (QED) is 0.512. The number of aromatic amines is 1. The number of nitrogens with one attached hydrogen (secondary N) is 1. The first-order valence-corrected chi connectivity index (χ1v) is 10.8. The number of thiophene rings is 1. The third kappa shape index (κ3) is 3.31. The van der Waals surface area contributed by atoms with Gasteiger partial charge in [0.1, 0.15) is 22.7 Å². The zero-order chi connectivity index (χ0) is 23.2. The van der Waals surface area contributed by atoms with Crippen LogP contribution in [0.4, 0.5) is 5.00 Å². The highest BCUT2D eigenvalue weighted by atomic mass is 32.1. The maximum Gasteiger partial charge on any atom is 0.361 e. The van der Waals surface area contributed by atoms with E-state index in [1.54, 1.807) is 6.92 Å². The van der Waals surface area contributed by atoms with Crippen LogP contribution in [0.15, 0.2) is 35.1 Å². The van der Waals surface area contributed by atoms with Gasteiger partial charge in [0.15, 0.2) is 0 Å². The summed E-state index contributed by atoms with van der Waals surface area (Å²) in [7, 11) is 0. The number of hydrogen-bond donors (Lipinski definition) is 1. The molecule has 3 aromatic heterocycles. The summed E-state index contributed by atoms with van der Waals surface area (Å²) in [5.41, 5.74) is 8.49. The first-order valence-electron chi connectivity index (χ1n) is 9.96. The van der Waals surface area contributed by atoms with Gasteiger partial charge < -0.3 is 5.73 Å². The predicted molar refractivity (Wildman–Crippen MR) is 124 cm³/mol. The monoisotopic (exact) mass is 441 g/mol. The molecule has 0 aliphatic rings. The molecule has 8 heteroatoms. The zero-order valence-electron chi connectivity index (χ0n) is 18.1. The Balaban J connectivity index is 2.15. The van der Waals surface area contributed by atoms with Crippen molar-refractivity contribution in [2.45, 2.75) is 33.1 Å². The zero-order valence-corrected chi connectivity index (χ0v) is 19.0. The van der Waals surface area contributed by atoms with Crippen molar-refractivity contribution in [3.05, 3.63) is 73.3 Å². The van der Waals surface area contributed by atoms with Crippen LogP contribution in [-0.2, 0) is 5.41 Å². The Morgan fingerprint density at radius 1 is 1.16 bits per heavy atom. The first kappa shape index (κ1) is 21.2. The highest BCUT2D eigenvalue weighted by Crippen LogP contribution is 2.38. The molecule has 4 aromatic rings. The van der Waals surface area contributed by atoms with Gasteiger partial charge in [-0.05, 0) is 49.4 Å². The van der Waals surface area contributed by atoms with Crippen molar-refractivity contribution in [3.63, 3.8) is 0 Å². The van der Waals surface area contributed by atoms with Gasteiger partial charge in [0.2, 0.25) is 0 Å². The lowest BCUT2D eigenvalue weighted by Gasteiger charge is -2.07. The van der Waals surface area contributed by atoms with Crippen molar-refractivity contribution in [2.24, 2.45) is 0 Å². The Morgan fingerprint density at radius 2 is 1.81 bits per heavy atom. The van der Waals surface area contributed by atoms with Crippen molar-refractivity contribution >= 4 is 28.1 Å². The van der Waals surface area contributed by atoms with Gasteiger partial charge >= 0.3 is 5.56 Å². The third-order valence-electron chi connectivity index (χ3n) is 5.32. The van der Waals surface area contributed by atoms with Gasteiger partial charge in [-0.25, -0.2) is 9.78 Å². The van der Waals surface area contributed by atoms with Gasteiger partial charge in [0.05, 0.1) is 21.3 Å². The summed E-state index contributed by atoms with van der Waals surface area (Å²) in [6.45, 7) is 7.71. The summed E-state index contributed by atoms with van der Waals surface area (Å²) >= 11 is 1.30. The van der Waals surface area contributed by atoms with E-state index in [1.807, 2.05) is 63.2 Å². The van der Waals surface area contributed by atoms with E-state index in [0.29, 0.717) is 32.8 Å². The van der Waals surface area contributed by atoms with Crippen LogP contribution in [0.25, 0.3) is 22.9 Å². The molecule has 0 spiro atoms. The summed E-state index contributed by atoms with van der Waals surface area (Å²) in [5.74, 6) is 0.630. The molecule has 0 saturated heterocycles.